The fourth-order valence-corrected chi connectivity index (χ4v) is 3.70. The van der Waals surface area contributed by atoms with Crippen LogP contribution >= 0.6 is 0 Å². The molecule has 0 saturated carbocycles. The van der Waals surface area contributed by atoms with Crippen molar-refractivity contribution in [2.45, 2.75) is 71.1 Å². The summed E-state index contributed by atoms with van der Waals surface area (Å²) < 4.78 is 10.8. The Balaban J connectivity index is 2.11. The minimum Gasteiger partial charge on any atom is -0.504 e. The van der Waals surface area contributed by atoms with Gasteiger partial charge in [-0.3, -0.25) is 9.59 Å². The molecule has 1 aromatic carbocycles. The highest BCUT2D eigenvalue weighted by Crippen LogP contribution is 2.37. The molecule has 1 amide bonds. The molecule has 2 aromatic rings. The molecule has 7 heteroatoms. The van der Waals surface area contributed by atoms with Crippen LogP contribution in [0.3, 0.4) is 0 Å². The predicted molar refractivity (Wildman–Crippen MR) is 124 cm³/mol. The van der Waals surface area contributed by atoms with Crippen LogP contribution in [0.15, 0.2) is 33.5 Å². The number of phenols is 1. The van der Waals surface area contributed by atoms with Crippen LogP contribution in [-0.4, -0.2) is 29.8 Å². The Bertz CT molecular complexity index is 937. The van der Waals surface area contributed by atoms with Gasteiger partial charge in [0.2, 0.25) is 17.1 Å². The number of rotatable bonds is 13. The van der Waals surface area contributed by atoms with Crippen LogP contribution < -0.4 is 15.5 Å². The first-order chi connectivity index (χ1) is 15.4. The molecular weight excluding hydrogens is 410 g/mol. The predicted octanol–water partition coefficient (Wildman–Crippen LogP) is 4.76. The zero-order valence-corrected chi connectivity index (χ0v) is 19.3. The Labute approximate surface area is 189 Å². The summed E-state index contributed by atoms with van der Waals surface area (Å²) in [5, 5.41) is 23.2. The smallest absolute Gasteiger partial charge is 0.227 e. The van der Waals surface area contributed by atoms with Gasteiger partial charge in [-0.25, -0.2) is 0 Å². The summed E-state index contributed by atoms with van der Waals surface area (Å²) in [6.07, 6.45) is 8.07. The number of nitrogens with one attached hydrogen (secondary N) is 1. The molecule has 2 rings (SSSR count). The lowest BCUT2D eigenvalue weighted by molar-refractivity contribution is -0.121. The second-order valence-corrected chi connectivity index (χ2v) is 8.09. The van der Waals surface area contributed by atoms with Crippen molar-refractivity contribution in [2.24, 2.45) is 0 Å². The molecule has 1 atom stereocenters. The number of methoxy groups -OCH3 is 1. The fourth-order valence-electron chi connectivity index (χ4n) is 3.70. The number of aryl methyl sites for hydroxylation is 1. The van der Waals surface area contributed by atoms with E-state index in [0.29, 0.717) is 17.9 Å². The molecule has 7 nitrogen and oxygen atoms in total. The van der Waals surface area contributed by atoms with Crippen LogP contribution in [0.5, 0.6) is 17.2 Å². The summed E-state index contributed by atoms with van der Waals surface area (Å²) in [7, 11) is 1.42. The molecule has 1 heterocycles. The Morgan fingerprint density at radius 1 is 1.09 bits per heavy atom. The lowest BCUT2D eigenvalue weighted by atomic mass is 9.91. The first kappa shape index (κ1) is 25.3. The van der Waals surface area contributed by atoms with Gasteiger partial charge in [-0.15, -0.1) is 0 Å². The highest BCUT2D eigenvalue weighted by Gasteiger charge is 2.26. The van der Waals surface area contributed by atoms with E-state index in [0.717, 1.165) is 19.3 Å². The van der Waals surface area contributed by atoms with E-state index in [4.69, 9.17) is 9.15 Å². The van der Waals surface area contributed by atoms with Gasteiger partial charge >= 0.3 is 0 Å². The zero-order chi connectivity index (χ0) is 23.5. The zero-order valence-electron chi connectivity index (χ0n) is 19.3. The second kappa shape index (κ2) is 12.8. The average Bonchev–Trinajstić information content (AvgIpc) is 2.77. The van der Waals surface area contributed by atoms with E-state index in [2.05, 4.69) is 12.2 Å². The van der Waals surface area contributed by atoms with Gasteiger partial charge < -0.3 is 24.7 Å². The molecule has 0 radical (unpaired) electrons. The summed E-state index contributed by atoms with van der Waals surface area (Å²) >= 11 is 0. The molecule has 176 valence electrons. The van der Waals surface area contributed by atoms with Crippen molar-refractivity contribution in [3.63, 3.8) is 0 Å². The Hall–Kier alpha value is -2.96. The van der Waals surface area contributed by atoms with E-state index in [9.17, 15) is 19.8 Å². The van der Waals surface area contributed by atoms with Crippen molar-refractivity contribution in [1.29, 1.82) is 0 Å². The summed E-state index contributed by atoms with van der Waals surface area (Å²) in [5.74, 6) is -0.912. The number of aromatic hydroxyl groups is 2. The molecule has 0 fully saturated rings. The van der Waals surface area contributed by atoms with Gasteiger partial charge in [0.15, 0.2) is 17.3 Å². The summed E-state index contributed by atoms with van der Waals surface area (Å²) in [6, 6.07) is 5.84. The quantitative estimate of drug-likeness (QED) is 0.384. The van der Waals surface area contributed by atoms with E-state index in [-0.39, 0.29) is 29.6 Å². The molecular formula is C25H35NO6. The number of benzene rings is 1. The monoisotopic (exact) mass is 445 g/mol. The van der Waals surface area contributed by atoms with Crippen LogP contribution in [0, 0.1) is 6.92 Å². The van der Waals surface area contributed by atoms with Crippen molar-refractivity contribution >= 4 is 5.91 Å². The molecule has 0 aliphatic carbocycles. The number of carbonyl (C=O) groups excluding carboxylic acids is 1. The topological polar surface area (TPSA) is 109 Å². The number of ether oxygens (including phenoxy) is 1. The summed E-state index contributed by atoms with van der Waals surface area (Å²) in [6.45, 7) is 4.38. The number of unbranched alkanes of at least 4 members (excludes halogenated alkanes) is 6. The molecule has 0 aliphatic rings. The number of hydrogen-bond acceptors (Lipinski definition) is 6. The van der Waals surface area contributed by atoms with Gasteiger partial charge in [0, 0.05) is 19.0 Å². The molecule has 0 unspecified atom stereocenters. The SMILES string of the molecule is CCCCCCCCCNC(=O)C[C@@H](c1ccc(O)c(OC)c1)c1oc(C)cc(=O)c1O. The molecule has 0 aliphatic heterocycles. The van der Waals surface area contributed by atoms with Crippen molar-refractivity contribution in [2.75, 3.05) is 13.7 Å². The van der Waals surface area contributed by atoms with E-state index < -0.39 is 17.1 Å². The van der Waals surface area contributed by atoms with Gasteiger partial charge in [-0.2, -0.15) is 0 Å². The van der Waals surface area contributed by atoms with E-state index in [1.54, 1.807) is 19.1 Å². The van der Waals surface area contributed by atoms with Crippen molar-refractivity contribution in [1.82, 2.24) is 5.32 Å². The highest BCUT2D eigenvalue weighted by molar-refractivity contribution is 5.77. The Morgan fingerprint density at radius 2 is 1.78 bits per heavy atom. The number of phenolic OH excluding ortho intramolecular Hbond substituents is 1. The third-order valence-corrected chi connectivity index (χ3v) is 5.49. The largest absolute Gasteiger partial charge is 0.504 e. The molecule has 32 heavy (non-hydrogen) atoms. The normalized spacial score (nSPS) is 11.8. The maximum atomic E-state index is 12.7. The molecule has 3 N–H and O–H groups in total. The molecule has 0 bridgehead atoms. The average molecular weight is 446 g/mol. The summed E-state index contributed by atoms with van der Waals surface area (Å²) in [4.78, 5) is 24.8. The van der Waals surface area contributed by atoms with Crippen molar-refractivity contribution < 1.29 is 24.2 Å². The van der Waals surface area contributed by atoms with E-state index in [1.165, 1.54) is 44.9 Å². The summed E-state index contributed by atoms with van der Waals surface area (Å²) in [5.41, 5.74) is 0.0118. The Morgan fingerprint density at radius 3 is 2.47 bits per heavy atom. The molecule has 0 saturated heterocycles. The van der Waals surface area contributed by atoms with Gasteiger partial charge in [0.05, 0.1) is 13.0 Å². The first-order valence-electron chi connectivity index (χ1n) is 11.3. The maximum Gasteiger partial charge on any atom is 0.227 e. The van der Waals surface area contributed by atoms with Crippen LogP contribution in [0.2, 0.25) is 0 Å². The lowest BCUT2D eigenvalue weighted by Gasteiger charge is -2.19. The third kappa shape index (κ3) is 7.32. The van der Waals surface area contributed by atoms with Crippen molar-refractivity contribution in [3.8, 4) is 17.2 Å². The third-order valence-electron chi connectivity index (χ3n) is 5.49. The number of amides is 1. The van der Waals surface area contributed by atoms with Gasteiger partial charge in [0.1, 0.15) is 5.76 Å². The lowest BCUT2D eigenvalue weighted by Crippen LogP contribution is -2.26. The second-order valence-electron chi connectivity index (χ2n) is 8.09. The fraction of sp³-hybridized carbons (Fsp3) is 0.520. The highest BCUT2D eigenvalue weighted by atomic mass is 16.5. The molecule has 1 aromatic heterocycles. The minimum absolute atomic E-state index is 0.0221. The van der Waals surface area contributed by atoms with Gasteiger partial charge in [-0.05, 0) is 31.0 Å². The van der Waals surface area contributed by atoms with Crippen molar-refractivity contribution in [3.05, 3.63) is 51.6 Å². The maximum absolute atomic E-state index is 12.7. The standard InChI is InChI=1S/C25H35NO6/c1-4-5-6-7-8-9-10-13-26-23(29)16-19(18-11-12-20(27)22(15-18)31-3)25-24(30)21(28)14-17(2)32-25/h11-12,14-15,19,27,30H,4-10,13,16H2,1-3H3,(H,26,29)/t19-/m0/s1. The first-order valence-corrected chi connectivity index (χ1v) is 11.3. The van der Waals surface area contributed by atoms with Crippen LogP contribution in [0.25, 0.3) is 0 Å². The number of hydrogen-bond donors (Lipinski definition) is 3. The minimum atomic E-state index is -0.717. The van der Waals surface area contributed by atoms with Crippen LogP contribution in [0.1, 0.15) is 81.3 Å². The van der Waals surface area contributed by atoms with Crippen LogP contribution in [-0.2, 0) is 4.79 Å². The number of carbonyl (C=O) groups is 1. The van der Waals surface area contributed by atoms with Gasteiger partial charge in [0.25, 0.3) is 0 Å². The van der Waals surface area contributed by atoms with Gasteiger partial charge in [-0.1, -0.05) is 51.5 Å². The van der Waals surface area contributed by atoms with E-state index >= 15 is 0 Å². The van der Waals surface area contributed by atoms with Crippen LogP contribution in [0.4, 0.5) is 0 Å². The molecule has 0 spiro atoms. The van der Waals surface area contributed by atoms with E-state index in [1.807, 2.05) is 0 Å². The Kier molecular flexibility index (Phi) is 10.1.